The third-order valence-electron chi connectivity index (χ3n) is 4.91. The van der Waals surface area contributed by atoms with Gasteiger partial charge in [-0.1, -0.05) is 41.4 Å². The fraction of sp³-hybridized carbons (Fsp3) is 0.333. The number of nitrogens with zero attached hydrogens (tertiary/aromatic N) is 1. The van der Waals surface area contributed by atoms with Crippen molar-refractivity contribution in [3.8, 4) is 0 Å². The third kappa shape index (κ3) is 4.85. The molecule has 1 fully saturated rings. The Bertz CT molecular complexity index is 852. The molecule has 5 nitrogen and oxygen atoms in total. The fourth-order valence-corrected chi connectivity index (χ4v) is 3.95. The van der Waals surface area contributed by atoms with Gasteiger partial charge in [0, 0.05) is 28.7 Å². The molecule has 1 N–H and O–H groups in total. The zero-order valence-corrected chi connectivity index (χ0v) is 17.1. The standard InChI is InChI=1S/C21H22Cl2N2O3/c1-28-21(27)15-7-2-3-10-19(15)24-20(26)14-6-5-11-25(12-14)13-16-17(22)8-4-9-18(16)23/h2-4,7-10,14H,5-6,11-13H2,1H3,(H,24,26). The predicted octanol–water partition coefficient (Wildman–Crippen LogP) is 4.63. The van der Waals surface area contributed by atoms with E-state index in [-0.39, 0.29) is 11.8 Å². The van der Waals surface area contributed by atoms with Crippen LogP contribution in [0.25, 0.3) is 0 Å². The van der Waals surface area contributed by atoms with Crippen molar-refractivity contribution in [2.24, 2.45) is 5.92 Å². The van der Waals surface area contributed by atoms with Gasteiger partial charge in [0.25, 0.3) is 0 Å². The normalized spacial score (nSPS) is 17.2. The molecule has 0 radical (unpaired) electrons. The number of para-hydroxylation sites is 1. The molecule has 0 bridgehead atoms. The molecule has 1 aliphatic rings. The van der Waals surface area contributed by atoms with E-state index in [0.717, 1.165) is 24.9 Å². The molecule has 1 heterocycles. The van der Waals surface area contributed by atoms with E-state index in [9.17, 15) is 9.59 Å². The van der Waals surface area contributed by atoms with Crippen LogP contribution in [0.5, 0.6) is 0 Å². The highest BCUT2D eigenvalue weighted by atomic mass is 35.5. The Morgan fingerprint density at radius 2 is 1.86 bits per heavy atom. The number of rotatable bonds is 5. The summed E-state index contributed by atoms with van der Waals surface area (Å²) in [4.78, 5) is 26.9. The van der Waals surface area contributed by atoms with Crippen molar-refractivity contribution in [2.75, 3.05) is 25.5 Å². The minimum absolute atomic E-state index is 0.105. The number of carbonyl (C=O) groups excluding carboxylic acids is 2. The molecule has 148 valence electrons. The van der Waals surface area contributed by atoms with Crippen molar-refractivity contribution in [1.82, 2.24) is 4.90 Å². The lowest BCUT2D eigenvalue weighted by Crippen LogP contribution is -2.40. The van der Waals surface area contributed by atoms with Gasteiger partial charge in [-0.3, -0.25) is 9.69 Å². The maximum Gasteiger partial charge on any atom is 0.339 e. The van der Waals surface area contributed by atoms with Crippen molar-refractivity contribution < 1.29 is 14.3 Å². The highest BCUT2D eigenvalue weighted by molar-refractivity contribution is 6.35. The van der Waals surface area contributed by atoms with Crippen LogP contribution in [0.15, 0.2) is 42.5 Å². The Balaban J connectivity index is 1.68. The number of amides is 1. The molecule has 1 saturated heterocycles. The number of halogens is 2. The lowest BCUT2D eigenvalue weighted by atomic mass is 9.96. The van der Waals surface area contributed by atoms with Crippen LogP contribution in [0.2, 0.25) is 10.0 Å². The molecule has 1 unspecified atom stereocenters. The molecule has 2 aromatic rings. The van der Waals surface area contributed by atoms with Gasteiger partial charge in [0.1, 0.15) is 0 Å². The lowest BCUT2D eigenvalue weighted by Gasteiger charge is -2.32. The second-order valence-electron chi connectivity index (χ2n) is 6.80. The number of hydrogen-bond acceptors (Lipinski definition) is 4. The molecule has 0 aromatic heterocycles. The van der Waals surface area contributed by atoms with Gasteiger partial charge in [0.15, 0.2) is 0 Å². The van der Waals surface area contributed by atoms with Gasteiger partial charge in [-0.15, -0.1) is 0 Å². The van der Waals surface area contributed by atoms with Crippen LogP contribution in [-0.4, -0.2) is 37.0 Å². The molecular weight excluding hydrogens is 399 g/mol. The van der Waals surface area contributed by atoms with Gasteiger partial charge >= 0.3 is 5.97 Å². The number of ether oxygens (including phenoxy) is 1. The molecule has 2 aromatic carbocycles. The van der Waals surface area contributed by atoms with E-state index in [0.29, 0.717) is 34.4 Å². The summed E-state index contributed by atoms with van der Waals surface area (Å²) >= 11 is 12.6. The smallest absolute Gasteiger partial charge is 0.339 e. The van der Waals surface area contributed by atoms with E-state index >= 15 is 0 Å². The largest absolute Gasteiger partial charge is 0.465 e. The van der Waals surface area contributed by atoms with E-state index in [2.05, 4.69) is 10.2 Å². The summed E-state index contributed by atoms with van der Waals surface area (Å²) in [6, 6.07) is 12.3. The minimum atomic E-state index is -0.477. The van der Waals surface area contributed by atoms with E-state index < -0.39 is 5.97 Å². The van der Waals surface area contributed by atoms with Crippen molar-refractivity contribution in [1.29, 1.82) is 0 Å². The van der Waals surface area contributed by atoms with Gasteiger partial charge in [-0.05, 0) is 43.7 Å². The van der Waals surface area contributed by atoms with Crippen LogP contribution in [-0.2, 0) is 16.1 Å². The average Bonchev–Trinajstić information content (AvgIpc) is 2.71. The maximum atomic E-state index is 12.8. The van der Waals surface area contributed by atoms with Crippen molar-refractivity contribution in [3.63, 3.8) is 0 Å². The average molecular weight is 421 g/mol. The van der Waals surface area contributed by atoms with E-state index in [4.69, 9.17) is 27.9 Å². The van der Waals surface area contributed by atoms with Crippen LogP contribution >= 0.6 is 23.2 Å². The number of esters is 1. The second-order valence-corrected chi connectivity index (χ2v) is 7.62. The minimum Gasteiger partial charge on any atom is -0.465 e. The number of methoxy groups -OCH3 is 1. The molecule has 0 aliphatic carbocycles. The van der Waals surface area contributed by atoms with Crippen LogP contribution in [0.1, 0.15) is 28.8 Å². The highest BCUT2D eigenvalue weighted by Gasteiger charge is 2.27. The first-order valence-electron chi connectivity index (χ1n) is 9.13. The Labute approximate surface area is 174 Å². The molecule has 0 spiro atoms. The number of likely N-dealkylation sites (tertiary alicyclic amines) is 1. The van der Waals surface area contributed by atoms with Gasteiger partial charge < -0.3 is 10.1 Å². The summed E-state index contributed by atoms with van der Waals surface area (Å²) in [6.07, 6.45) is 1.69. The Morgan fingerprint density at radius 1 is 1.14 bits per heavy atom. The van der Waals surface area contributed by atoms with Crippen molar-refractivity contribution in [3.05, 3.63) is 63.6 Å². The summed E-state index contributed by atoms with van der Waals surface area (Å²) in [7, 11) is 1.32. The zero-order chi connectivity index (χ0) is 20.1. The van der Waals surface area contributed by atoms with Gasteiger partial charge in [-0.2, -0.15) is 0 Å². The maximum absolute atomic E-state index is 12.8. The summed E-state index contributed by atoms with van der Waals surface area (Å²) in [6.45, 7) is 2.08. The number of carbonyl (C=O) groups is 2. The summed E-state index contributed by atoms with van der Waals surface area (Å²) in [5, 5.41) is 4.15. The van der Waals surface area contributed by atoms with Crippen LogP contribution < -0.4 is 5.32 Å². The first-order valence-corrected chi connectivity index (χ1v) is 9.88. The number of nitrogens with one attached hydrogen (secondary N) is 1. The summed E-state index contributed by atoms with van der Waals surface area (Å²) in [5.74, 6) is -0.762. The van der Waals surface area contributed by atoms with E-state index in [1.165, 1.54) is 7.11 Å². The lowest BCUT2D eigenvalue weighted by molar-refractivity contribution is -0.121. The van der Waals surface area contributed by atoms with Crippen LogP contribution in [0.3, 0.4) is 0 Å². The Kier molecular flexibility index (Phi) is 6.94. The monoisotopic (exact) mass is 420 g/mol. The predicted molar refractivity (Wildman–Crippen MR) is 111 cm³/mol. The summed E-state index contributed by atoms with van der Waals surface area (Å²) in [5.41, 5.74) is 1.68. The van der Waals surface area contributed by atoms with Crippen molar-refractivity contribution >= 4 is 40.8 Å². The molecule has 28 heavy (non-hydrogen) atoms. The van der Waals surface area contributed by atoms with Crippen molar-refractivity contribution in [2.45, 2.75) is 19.4 Å². The van der Waals surface area contributed by atoms with Gasteiger partial charge in [0.05, 0.1) is 24.3 Å². The molecular formula is C21H22Cl2N2O3. The number of piperidine rings is 1. The zero-order valence-electron chi connectivity index (χ0n) is 15.6. The number of hydrogen-bond donors (Lipinski definition) is 1. The Hall–Kier alpha value is -2.08. The second kappa shape index (κ2) is 9.41. The first-order chi connectivity index (χ1) is 13.5. The van der Waals surface area contributed by atoms with Gasteiger partial charge in [-0.25, -0.2) is 4.79 Å². The number of anilines is 1. The molecule has 1 amide bonds. The summed E-state index contributed by atoms with van der Waals surface area (Å²) < 4.78 is 4.79. The van der Waals surface area contributed by atoms with Crippen LogP contribution in [0, 0.1) is 5.92 Å². The Morgan fingerprint density at radius 3 is 2.57 bits per heavy atom. The fourth-order valence-electron chi connectivity index (χ4n) is 3.44. The molecule has 3 rings (SSSR count). The third-order valence-corrected chi connectivity index (χ3v) is 5.62. The molecule has 1 atom stereocenters. The van der Waals surface area contributed by atoms with Gasteiger partial charge in [0.2, 0.25) is 5.91 Å². The molecule has 0 saturated carbocycles. The SMILES string of the molecule is COC(=O)c1ccccc1NC(=O)C1CCCN(Cc2c(Cl)cccc2Cl)C1. The number of benzene rings is 2. The topological polar surface area (TPSA) is 58.6 Å². The van der Waals surface area contributed by atoms with Crippen LogP contribution in [0.4, 0.5) is 5.69 Å². The molecule has 7 heteroatoms. The quantitative estimate of drug-likeness (QED) is 0.716. The van der Waals surface area contributed by atoms with E-state index in [1.54, 1.807) is 24.3 Å². The molecule has 1 aliphatic heterocycles. The van der Waals surface area contributed by atoms with E-state index in [1.807, 2.05) is 18.2 Å². The highest BCUT2D eigenvalue weighted by Crippen LogP contribution is 2.28. The first kappa shape index (κ1) is 20.6.